The fourth-order valence-electron chi connectivity index (χ4n) is 2.02. The minimum absolute atomic E-state index is 0.157. The molecule has 0 saturated carbocycles. The number of hydrogen-bond donors (Lipinski definition) is 1. The van der Waals surface area contributed by atoms with Gasteiger partial charge < -0.3 is 5.32 Å². The summed E-state index contributed by atoms with van der Waals surface area (Å²) in [6, 6.07) is 2.83. The van der Waals surface area contributed by atoms with E-state index in [1.54, 1.807) is 11.8 Å². The number of hydrogen-bond acceptors (Lipinski definition) is 2. The zero-order chi connectivity index (χ0) is 11.5. The van der Waals surface area contributed by atoms with Gasteiger partial charge in [0.25, 0.3) is 0 Å². The molecule has 0 saturated heterocycles. The highest BCUT2D eigenvalue weighted by atomic mass is 32.2. The molecule has 0 bridgehead atoms. The third-order valence-electron chi connectivity index (χ3n) is 2.77. The fraction of sp³-hybridized carbons (Fsp3) is 0.500. The Morgan fingerprint density at radius 1 is 1.38 bits per heavy atom. The van der Waals surface area contributed by atoms with E-state index in [0.717, 1.165) is 35.6 Å². The van der Waals surface area contributed by atoms with E-state index in [0.29, 0.717) is 0 Å². The average Bonchev–Trinajstić information content (AvgIpc) is 2.44. The highest BCUT2D eigenvalue weighted by molar-refractivity contribution is 7.99. The number of halogens is 2. The van der Waals surface area contributed by atoms with Crippen molar-refractivity contribution in [1.29, 1.82) is 0 Å². The Bertz CT molecular complexity index is 382. The second-order valence-electron chi connectivity index (χ2n) is 3.91. The molecule has 0 aromatic heterocycles. The Balaban J connectivity index is 2.39. The van der Waals surface area contributed by atoms with Gasteiger partial charge in [-0.25, -0.2) is 8.78 Å². The largest absolute Gasteiger partial charge is 0.310 e. The van der Waals surface area contributed by atoms with Crippen LogP contribution in [0.1, 0.15) is 31.4 Å². The standard InChI is InChI=1S/C12H15F2NS/c1-2-15-11-4-3-5-16-12-7-10(14)9(13)6-8(11)12/h6-7,11,15H,2-5H2,1H3. The lowest BCUT2D eigenvalue weighted by atomic mass is 10.0. The maximum absolute atomic E-state index is 13.2. The van der Waals surface area contributed by atoms with Crippen molar-refractivity contribution in [2.24, 2.45) is 0 Å². The zero-order valence-corrected chi connectivity index (χ0v) is 10.0. The van der Waals surface area contributed by atoms with Gasteiger partial charge in [0.1, 0.15) is 0 Å². The van der Waals surface area contributed by atoms with Gasteiger partial charge in [0, 0.05) is 10.9 Å². The molecule has 2 rings (SSSR count). The van der Waals surface area contributed by atoms with Crippen molar-refractivity contribution in [2.75, 3.05) is 12.3 Å². The fourth-order valence-corrected chi connectivity index (χ4v) is 3.11. The quantitative estimate of drug-likeness (QED) is 0.853. The maximum Gasteiger partial charge on any atom is 0.159 e. The van der Waals surface area contributed by atoms with Crippen LogP contribution in [-0.2, 0) is 0 Å². The molecule has 1 aromatic carbocycles. The third kappa shape index (κ3) is 2.38. The molecule has 1 unspecified atom stereocenters. The number of thioether (sulfide) groups is 1. The summed E-state index contributed by atoms with van der Waals surface area (Å²) in [5, 5.41) is 3.32. The molecular formula is C12H15F2NS. The first-order chi connectivity index (χ1) is 7.72. The Morgan fingerprint density at radius 2 is 2.12 bits per heavy atom. The summed E-state index contributed by atoms with van der Waals surface area (Å²) in [6.45, 7) is 2.87. The first-order valence-corrected chi connectivity index (χ1v) is 6.56. The van der Waals surface area contributed by atoms with Gasteiger partial charge in [0.15, 0.2) is 11.6 Å². The average molecular weight is 243 g/mol. The molecule has 1 aromatic rings. The lowest BCUT2D eigenvalue weighted by Crippen LogP contribution is -2.21. The molecule has 0 fully saturated rings. The number of fused-ring (bicyclic) bond motifs is 1. The second-order valence-corrected chi connectivity index (χ2v) is 5.04. The molecular weight excluding hydrogens is 228 g/mol. The molecule has 0 spiro atoms. The van der Waals surface area contributed by atoms with Gasteiger partial charge in [0.2, 0.25) is 0 Å². The van der Waals surface area contributed by atoms with Gasteiger partial charge in [-0.1, -0.05) is 6.92 Å². The van der Waals surface area contributed by atoms with Gasteiger partial charge in [-0.3, -0.25) is 0 Å². The highest BCUT2D eigenvalue weighted by Crippen LogP contribution is 2.35. The molecule has 1 N–H and O–H groups in total. The predicted molar refractivity (Wildman–Crippen MR) is 62.7 cm³/mol. The molecule has 0 amide bonds. The van der Waals surface area contributed by atoms with Crippen LogP contribution in [0.15, 0.2) is 17.0 Å². The van der Waals surface area contributed by atoms with Gasteiger partial charge in [0.05, 0.1) is 0 Å². The van der Waals surface area contributed by atoms with Crippen molar-refractivity contribution in [3.05, 3.63) is 29.3 Å². The lowest BCUT2D eigenvalue weighted by Gasteiger charge is -2.18. The van der Waals surface area contributed by atoms with E-state index in [1.165, 1.54) is 12.1 Å². The van der Waals surface area contributed by atoms with Gasteiger partial charge in [-0.2, -0.15) is 0 Å². The van der Waals surface area contributed by atoms with Gasteiger partial charge in [-0.15, -0.1) is 11.8 Å². The molecule has 1 aliphatic heterocycles. The van der Waals surface area contributed by atoms with Crippen LogP contribution in [0, 0.1) is 11.6 Å². The summed E-state index contributed by atoms with van der Waals surface area (Å²) >= 11 is 1.62. The van der Waals surface area contributed by atoms with Gasteiger partial charge in [-0.05, 0) is 42.8 Å². The number of benzene rings is 1. The minimum Gasteiger partial charge on any atom is -0.310 e. The van der Waals surface area contributed by atoms with Crippen LogP contribution in [0.5, 0.6) is 0 Å². The summed E-state index contributed by atoms with van der Waals surface area (Å²) in [6.07, 6.45) is 2.05. The Morgan fingerprint density at radius 3 is 2.88 bits per heavy atom. The summed E-state index contributed by atoms with van der Waals surface area (Å²) in [7, 11) is 0. The van der Waals surface area contributed by atoms with E-state index in [-0.39, 0.29) is 6.04 Å². The molecule has 1 atom stereocenters. The topological polar surface area (TPSA) is 12.0 Å². The molecule has 16 heavy (non-hydrogen) atoms. The monoisotopic (exact) mass is 243 g/mol. The normalized spacial score (nSPS) is 20.3. The molecule has 0 radical (unpaired) electrons. The minimum atomic E-state index is -0.747. The summed E-state index contributed by atoms with van der Waals surface area (Å²) in [4.78, 5) is 0.877. The Kier molecular flexibility index (Phi) is 3.82. The highest BCUT2D eigenvalue weighted by Gasteiger charge is 2.20. The molecule has 0 aliphatic carbocycles. The Labute approximate surface area is 98.6 Å². The van der Waals surface area contributed by atoms with Crippen LogP contribution < -0.4 is 5.32 Å². The van der Waals surface area contributed by atoms with E-state index in [1.807, 2.05) is 6.92 Å². The van der Waals surface area contributed by atoms with Crippen molar-refractivity contribution in [3.8, 4) is 0 Å². The van der Waals surface area contributed by atoms with E-state index < -0.39 is 11.6 Å². The summed E-state index contributed by atoms with van der Waals surface area (Å²) < 4.78 is 26.4. The Hall–Kier alpha value is -0.610. The molecule has 1 heterocycles. The lowest BCUT2D eigenvalue weighted by molar-refractivity contribution is 0.481. The maximum atomic E-state index is 13.2. The zero-order valence-electron chi connectivity index (χ0n) is 9.22. The van der Waals surface area contributed by atoms with Crippen LogP contribution in [-0.4, -0.2) is 12.3 Å². The van der Waals surface area contributed by atoms with E-state index >= 15 is 0 Å². The van der Waals surface area contributed by atoms with Crippen LogP contribution in [0.4, 0.5) is 8.78 Å². The van der Waals surface area contributed by atoms with Crippen LogP contribution in [0.25, 0.3) is 0 Å². The first-order valence-electron chi connectivity index (χ1n) is 5.57. The van der Waals surface area contributed by atoms with Gasteiger partial charge >= 0.3 is 0 Å². The van der Waals surface area contributed by atoms with E-state index in [4.69, 9.17) is 0 Å². The summed E-state index contributed by atoms with van der Waals surface area (Å²) in [5.74, 6) is -0.521. The van der Waals surface area contributed by atoms with Crippen molar-refractivity contribution < 1.29 is 8.78 Å². The summed E-state index contributed by atoms with van der Waals surface area (Å²) in [5.41, 5.74) is 0.906. The molecule has 4 heteroatoms. The number of nitrogens with one attached hydrogen (secondary N) is 1. The SMILES string of the molecule is CCNC1CCCSc2cc(F)c(F)cc21. The van der Waals surface area contributed by atoms with Crippen molar-refractivity contribution in [1.82, 2.24) is 5.32 Å². The third-order valence-corrected chi connectivity index (χ3v) is 3.93. The molecule has 88 valence electrons. The van der Waals surface area contributed by atoms with E-state index in [9.17, 15) is 8.78 Å². The number of rotatable bonds is 2. The smallest absolute Gasteiger partial charge is 0.159 e. The van der Waals surface area contributed by atoms with Crippen LogP contribution >= 0.6 is 11.8 Å². The predicted octanol–water partition coefficient (Wildman–Crippen LogP) is 3.50. The van der Waals surface area contributed by atoms with Crippen molar-refractivity contribution in [3.63, 3.8) is 0 Å². The molecule has 1 nitrogen and oxygen atoms in total. The molecule has 1 aliphatic rings. The van der Waals surface area contributed by atoms with E-state index in [2.05, 4.69) is 5.32 Å². The van der Waals surface area contributed by atoms with Crippen molar-refractivity contribution in [2.45, 2.75) is 30.7 Å². The van der Waals surface area contributed by atoms with Crippen LogP contribution in [0.2, 0.25) is 0 Å². The first kappa shape index (κ1) is 11.9. The van der Waals surface area contributed by atoms with Crippen LogP contribution in [0.3, 0.4) is 0 Å². The second kappa shape index (κ2) is 5.15. The van der Waals surface area contributed by atoms with Crippen molar-refractivity contribution >= 4 is 11.8 Å².